The van der Waals surface area contributed by atoms with Crippen molar-refractivity contribution in [1.29, 1.82) is 0 Å². The standard InChI is InChI=1S/2C6H14N.2C3H8N.W/c2*1-5(2)7-6(3)4;2*1-3-4-2;/h2*5-6H,1-4H3;2*3H2,1-2H3;/q4*-1;. The van der Waals surface area contributed by atoms with E-state index in [1.54, 1.807) is 14.1 Å². The van der Waals surface area contributed by atoms with Gasteiger partial charge in [0.1, 0.15) is 0 Å². The van der Waals surface area contributed by atoms with Crippen LogP contribution < -0.4 is 0 Å². The summed E-state index contributed by atoms with van der Waals surface area (Å²) in [7, 11) is 3.61. The molecule has 0 aliphatic rings. The molecule has 0 fully saturated rings. The molecule has 0 aromatic rings. The van der Waals surface area contributed by atoms with E-state index in [1.807, 2.05) is 13.8 Å². The maximum atomic E-state index is 4.28. The number of rotatable bonds is 6. The van der Waals surface area contributed by atoms with Crippen molar-refractivity contribution in [3.05, 3.63) is 21.3 Å². The van der Waals surface area contributed by atoms with Crippen LogP contribution in [-0.4, -0.2) is 51.4 Å². The SMILES string of the molecule is CC(C)[N-]C(C)C.CC(C)[N-]C(C)C.CC[N-]C.CC[N-]C.[W]. The summed E-state index contributed by atoms with van der Waals surface area (Å²) in [5.74, 6) is 0. The van der Waals surface area contributed by atoms with Crippen LogP contribution in [0.3, 0.4) is 0 Å². The Kier molecular flexibility index (Phi) is 46.0. The molecule has 0 saturated heterocycles. The van der Waals surface area contributed by atoms with Gasteiger partial charge in [0.05, 0.1) is 0 Å². The second kappa shape index (κ2) is 30.4. The van der Waals surface area contributed by atoms with Gasteiger partial charge < -0.3 is 21.3 Å². The minimum atomic E-state index is 0. The molecule has 0 N–H and O–H groups in total. The molecule has 0 unspecified atom stereocenters. The molecular weight excluding hydrogens is 456 g/mol. The maximum Gasteiger partial charge on any atom is 0 e. The monoisotopic (exact) mass is 500 g/mol. The molecule has 0 radical (unpaired) electrons. The van der Waals surface area contributed by atoms with Gasteiger partial charge in [0.15, 0.2) is 0 Å². The second-order valence-corrected chi connectivity index (χ2v) is 5.94. The first-order valence-electron chi connectivity index (χ1n) is 8.59. The molecule has 4 nitrogen and oxygen atoms in total. The number of hydrogen-bond donors (Lipinski definition) is 0. The zero-order chi connectivity index (χ0) is 18.6. The zero-order valence-corrected chi connectivity index (χ0v) is 20.9. The van der Waals surface area contributed by atoms with E-state index in [-0.39, 0.29) is 21.1 Å². The van der Waals surface area contributed by atoms with Crippen LogP contribution in [0.25, 0.3) is 21.3 Å². The molecule has 0 saturated carbocycles. The van der Waals surface area contributed by atoms with Crippen LogP contribution in [-0.2, 0) is 21.1 Å². The van der Waals surface area contributed by atoms with Gasteiger partial charge in [0.2, 0.25) is 0 Å². The van der Waals surface area contributed by atoms with E-state index >= 15 is 0 Å². The third-order valence-electron chi connectivity index (χ3n) is 1.83. The fraction of sp³-hybridized carbons (Fsp3) is 1.00. The van der Waals surface area contributed by atoms with Crippen molar-refractivity contribution in [2.24, 2.45) is 0 Å². The molecule has 0 rings (SSSR count). The van der Waals surface area contributed by atoms with E-state index in [4.69, 9.17) is 0 Å². The average Bonchev–Trinajstić information content (AvgIpc) is 2.36. The molecule has 0 aliphatic heterocycles. The summed E-state index contributed by atoms with van der Waals surface area (Å²) >= 11 is 0. The van der Waals surface area contributed by atoms with Crippen molar-refractivity contribution >= 4 is 0 Å². The van der Waals surface area contributed by atoms with Gasteiger partial charge in [-0.05, 0) is 0 Å². The molecule has 5 heteroatoms. The normalized spacial score (nSPS) is 9.39. The van der Waals surface area contributed by atoms with Crippen molar-refractivity contribution in [1.82, 2.24) is 0 Å². The topological polar surface area (TPSA) is 56.4 Å². The van der Waals surface area contributed by atoms with Gasteiger partial charge in [-0.2, -0.15) is 27.2 Å². The quantitative estimate of drug-likeness (QED) is 0.407. The van der Waals surface area contributed by atoms with Crippen LogP contribution in [0.1, 0.15) is 69.2 Å². The Morgan fingerprint density at radius 1 is 0.522 bits per heavy atom. The van der Waals surface area contributed by atoms with Gasteiger partial charge >= 0.3 is 0 Å². The van der Waals surface area contributed by atoms with Gasteiger partial charge in [0, 0.05) is 21.1 Å². The Hall–Kier alpha value is 0.528. The van der Waals surface area contributed by atoms with Gasteiger partial charge in [-0.15, -0.1) is 24.2 Å². The van der Waals surface area contributed by atoms with E-state index in [2.05, 4.69) is 76.7 Å². The van der Waals surface area contributed by atoms with Crippen LogP contribution in [0.5, 0.6) is 0 Å². The van der Waals surface area contributed by atoms with Crippen LogP contribution in [0.2, 0.25) is 0 Å². The van der Waals surface area contributed by atoms with E-state index in [0.717, 1.165) is 13.1 Å². The Labute approximate surface area is 163 Å². The van der Waals surface area contributed by atoms with Crippen LogP contribution >= 0.6 is 0 Å². The fourth-order valence-electron chi connectivity index (χ4n) is 1.19. The Bertz CT molecular complexity index is 129. The van der Waals surface area contributed by atoms with Crippen molar-refractivity contribution < 1.29 is 21.1 Å². The Morgan fingerprint density at radius 3 is 0.652 bits per heavy atom. The minimum absolute atomic E-state index is 0. The molecule has 0 bridgehead atoms. The summed E-state index contributed by atoms with van der Waals surface area (Å²) in [5.41, 5.74) is 0. The summed E-state index contributed by atoms with van der Waals surface area (Å²) in [5, 5.41) is 16.0. The van der Waals surface area contributed by atoms with Crippen LogP contribution in [0.4, 0.5) is 0 Å². The second-order valence-electron chi connectivity index (χ2n) is 5.94. The van der Waals surface area contributed by atoms with Gasteiger partial charge in [0.25, 0.3) is 0 Å². The molecule has 146 valence electrons. The molecule has 0 heterocycles. The predicted octanol–water partition coefficient (Wildman–Crippen LogP) is 6.37. The van der Waals surface area contributed by atoms with Crippen molar-refractivity contribution in [3.63, 3.8) is 0 Å². The summed E-state index contributed by atoms with van der Waals surface area (Å²) in [6.45, 7) is 22.7. The first-order chi connectivity index (χ1) is 10.1. The summed E-state index contributed by atoms with van der Waals surface area (Å²) in [6.07, 6.45) is 0. The molecular formula is C18H44N4W-4. The third-order valence-corrected chi connectivity index (χ3v) is 1.83. The number of nitrogens with zero attached hydrogens (tertiary/aromatic N) is 4. The van der Waals surface area contributed by atoms with Gasteiger partial charge in [-0.3, -0.25) is 0 Å². The van der Waals surface area contributed by atoms with Crippen LogP contribution in [0.15, 0.2) is 0 Å². The summed E-state index contributed by atoms with van der Waals surface area (Å²) in [6, 6.07) is 2.00. The zero-order valence-electron chi connectivity index (χ0n) is 17.9. The van der Waals surface area contributed by atoms with Crippen molar-refractivity contribution in [2.75, 3.05) is 27.2 Å². The Balaban J connectivity index is -0.0000000639. The molecule has 0 atom stereocenters. The van der Waals surface area contributed by atoms with E-state index in [9.17, 15) is 0 Å². The van der Waals surface area contributed by atoms with Gasteiger partial charge in [-0.25, -0.2) is 0 Å². The first kappa shape index (κ1) is 34.8. The van der Waals surface area contributed by atoms with E-state index < -0.39 is 0 Å². The molecule has 0 aromatic heterocycles. The summed E-state index contributed by atoms with van der Waals surface area (Å²) < 4.78 is 0. The maximum absolute atomic E-state index is 4.28. The molecule has 0 aromatic carbocycles. The first-order valence-corrected chi connectivity index (χ1v) is 8.59. The largest absolute Gasteiger partial charge is 0.665 e. The molecule has 23 heavy (non-hydrogen) atoms. The average molecular weight is 500 g/mol. The smallest absolute Gasteiger partial charge is 0 e. The van der Waals surface area contributed by atoms with E-state index in [0.29, 0.717) is 24.2 Å². The molecule has 0 aliphatic carbocycles. The van der Waals surface area contributed by atoms with Crippen molar-refractivity contribution in [2.45, 2.75) is 93.4 Å². The Morgan fingerprint density at radius 2 is 0.652 bits per heavy atom. The predicted molar refractivity (Wildman–Crippen MR) is 107 cm³/mol. The fourth-order valence-corrected chi connectivity index (χ4v) is 1.19. The van der Waals surface area contributed by atoms with Gasteiger partial charge in [-0.1, -0.05) is 69.2 Å². The van der Waals surface area contributed by atoms with Crippen LogP contribution in [0, 0.1) is 0 Å². The summed E-state index contributed by atoms with van der Waals surface area (Å²) in [4.78, 5) is 0. The minimum Gasteiger partial charge on any atom is -0.665 e. The molecule has 0 spiro atoms. The van der Waals surface area contributed by atoms with Crippen molar-refractivity contribution in [3.8, 4) is 0 Å². The number of hydrogen-bond acceptors (Lipinski definition) is 0. The van der Waals surface area contributed by atoms with E-state index in [1.165, 1.54) is 0 Å². The molecule has 0 amide bonds. The third kappa shape index (κ3) is 85.6.